The van der Waals surface area contributed by atoms with Gasteiger partial charge in [0.2, 0.25) is 0 Å². The van der Waals surface area contributed by atoms with Crippen molar-refractivity contribution < 1.29 is 14.3 Å². The van der Waals surface area contributed by atoms with Crippen LogP contribution in [0.5, 0.6) is 5.75 Å². The lowest BCUT2D eigenvalue weighted by Crippen LogP contribution is -2.39. The molecule has 1 aliphatic rings. The highest BCUT2D eigenvalue weighted by molar-refractivity contribution is 7.10. The van der Waals surface area contributed by atoms with Crippen LogP contribution in [0.2, 0.25) is 0 Å². The number of esters is 1. The average molecular weight is 455 g/mol. The van der Waals surface area contributed by atoms with Crippen LogP contribution in [0.15, 0.2) is 62.8 Å². The van der Waals surface area contributed by atoms with Gasteiger partial charge in [0.05, 0.1) is 29.0 Å². The van der Waals surface area contributed by atoms with E-state index in [1.165, 1.54) is 22.7 Å². The fourth-order valence-corrected chi connectivity index (χ4v) is 5.36. The van der Waals surface area contributed by atoms with Gasteiger partial charge in [-0.05, 0) is 56.0 Å². The summed E-state index contributed by atoms with van der Waals surface area (Å²) < 4.78 is 12.9. The Balaban J connectivity index is 1.85. The molecule has 160 valence electrons. The van der Waals surface area contributed by atoms with Gasteiger partial charge in [0.15, 0.2) is 4.80 Å². The quantitative estimate of drug-likeness (QED) is 0.536. The molecule has 0 amide bonds. The predicted molar refractivity (Wildman–Crippen MR) is 122 cm³/mol. The Hall–Kier alpha value is -2.97. The molecule has 3 heterocycles. The van der Waals surface area contributed by atoms with E-state index < -0.39 is 12.0 Å². The topological polar surface area (TPSA) is 69.9 Å². The Labute approximate surface area is 187 Å². The van der Waals surface area contributed by atoms with Gasteiger partial charge in [-0.15, -0.1) is 11.3 Å². The Kier molecular flexibility index (Phi) is 6.20. The standard InChI is InChI=1S/C23H22N2O4S2/c1-4-28-16-10-8-15(9-11-16)13-18-21(26)25-20(17-7-6-12-30-17)19(22(27)29-5-2)14(3)24-23(25)31-18/h6-13,20H,4-5H2,1-3H3/b18-13+/t20-/m1/s1. The maximum absolute atomic E-state index is 13.4. The van der Waals surface area contributed by atoms with Crippen molar-refractivity contribution in [1.82, 2.24) is 4.57 Å². The first kappa shape index (κ1) is 21.3. The molecule has 31 heavy (non-hydrogen) atoms. The molecule has 0 saturated carbocycles. The van der Waals surface area contributed by atoms with E-state index >= 15 is 0 Å². The maximum Gasteiger partial charge on any atom is 0.338 e. The third kappa shape index (κ3) is 4.13. The van der Waals surface area contributed by atoms with Crippen molar-refractivity contribution in [2.75, 3.05) is 13.2 Å². The van der Waals surface area contributed by atoms with Gasteiger partial charge in [0.25, 0.3) is 5.56 Å². The molecule has 8 heteroatoms. The van der Waals surface area contributed by atoms with Crippen LogP contribution in [0.25, 0.3) is 6.08 Å². The molecular weight excluding hydrogens is 432 g/mol. The second-order valence-electron chi connectivity index (χ2n) is 6.82. The molecule has 2 aromatic heterocycles. The highest BCUT2D eigenvalue weighted by Crippen LogP contribution is 2.33. The van der Waals surface area contributed by atoms with Crippen LogP contribution in [0, 0.1) is 0 Å². The molecule has 0 saturated heterocycles. The van der Waals surface area contributed by atoms with Crippen molar-refractivity contribution in [3.8, 4) is 5.75 Å². The Morgan fingerprint density at radius 3 is 2.61 bits per heavy atom. The van der Waals surface area contributed by atoms with Crippen molar-refractivity contribution in [2.45, 2.75) is 26.8 Å². The number of hydrogen-bond acceptors (Lipinski definition) is 7. The third-order valence-corrected chi connectivity index (χ3v) is 6.73. The Morgan fingerprint density at radius 1 is 1.19 bits per heavy atom. The highest BCUT2D eigenvalue weighted by atomic mass is 32.1. The van der Waals surface area contributed by atoms with Crippen LogP contribution in [0.4, 0.5) is 0 Å². The third-order valence-electron chi connectivity index (χ3n) is 4.82. The van der Waals surface area contributed by atoms with Gasteiger partial charge in [-0.3, -0.25) is 9.36 Å². The van der Waals surface area contributed by atoms with E-state index in [9.17, 15) is 9.59 Å². The molecule has 3 aromatic rings. The molecule has 6 nitrogen and oxygen atoms in total. The van der Waals surface area contributed by atoms with Gasteiger partial charge in [-0.1, -0.05) is 29.5 Å². The van der Waals surface area contributed by atoms with E-state index in [4.69, 9.17) is 9.47 Å². The number of ether oxygens (including phenoxy) is 2. The summed E-state index contributed by atoms with van der Waals surface area (Å²) in [4.78, 5) is 32.2. The van der Waals surface area contributed by atoms with Gasteiger partial charge >= 0.3 is 5.97 Å². The summed E-state index contributed by atoms with van der Waals surface area (Å²) in [5.41, 5.74) is 1.70. The zero-order valence-corrected chi connectivity index (χ0v) is 19.1. The van der Waals surface area contributed by atoms with Gasteiger partial charge in [0.1, 0.15) is 11.8 Å². The predicted octanol–water partition coefficient (Wildman–Crippen LogP) is 3.26. The summed E-state index contributed by atoms with van der Waals surface area (Å²) in [5, 5.41) is 1.93. The molecule has 0 spiro atoms. The fourth-order valence-electron chi connectivity index (χ4n) is 3.49. The monoisotopic (exact) mass is 454 g/mol. The summed E-state index contributed by atoms with van der Waals surface area (Å²) in [6.07, 6.45) is 1.84. The lowest BCUT2D eigenvalue weighted by molar-refractivity contribution is -0.139. The van der Waals surface area contributed by atoms with E-state index in [0.29, 0.717) is 27.2 Å². The first-order chi connectivity index (χ1) is 15.0. The largest absolute Gasteiger partial charge is 0.494 e. The number of benzene rings is 1. The van der Waals surface area contributed by atoms with E-state index in [1.54, 1.807) is 18.4 Å². The number of thiophene rings is 1. The van der Waals surface area contributed by atoms with E-state index in [0.717, 1.165) is 16.2 Å². The van der Waals surface area contributed by atoms with Crippen LogP contribution in [-0.4, -0.2) is 23.8 Å². The molecule has 0 bridgehead atoms. The molecule has 1 aromatic carbocycles. The zero-order chi connectivity index (χ0) is 22.0. The molecule has 0 fully saturated rings. The number of nitrogens with zero attached hydrogens (tertiary/aromatic N) is 2. The summed E-state index contributed by atoms with van der Waals surface area (Å²) >= 11 is 2.82. The minimum absolute atomic E-state index is 0.176. The van der Waals surface area contributed by atoms with E-state index in [-0.39, 0.29) is 12.2 Å². The van der Waals surface area contributed by atoms with E-state index in [2.05, 4.69) is 4.99 Å². The molecule has 0 unspecified atom stereocenters. The normalized spacial score (nSPS) is 16.1. The molecule has 0 N–H and O–H groups in total. The van der Waals surface area contributed by atoms with Gasteiger partial charge < -0.3 is 9.47 Å². The summed E-state index contributed by atoms with van der Waals surface area (Å²) in [5.74, 6) is 0.344. The second kappa shape index (κ2) is 9.03. The SMILES string of the molecule is CCOC(=O)C1=C(C)N=c2s/c(=C/c3ccc(OCC)cc3)c(=O)n2[C@@H]1c1cccs1. The molecule has 0 aliphatic carbocycles. The van der Waals surface area contributed by atoms with Crippen molar-refractivity contribution in [1.29, 1.82) is 0 Å². The second-order valence-corrected chi connectivity index (χ2v) is 8.81. The molecule has 1 atom stereocenters. The number of fused-ring (bicyclic) bond motifs is 1. The number of carbonyl (C=O) groups is 1. The van der Waals surface area contributed by atoms with Crippen LogP contribution in [-0.2, 0) is 9.53 Å². The summed E-state index contributed by atoms with van der Waals surface area (Å²) in [6, 6.07) is 10.9. The van der Waals surface area contributed by atoms with E-state index in [1.807, 2.05) is 54.8 Å². The minimum atomic E-state index is -0.544. The summed E-state index contributed by atoms with van der Waals surface area (Å²) in [6.45, 7) is 6.35. The van der Waals surface area contributed by atoms with Crippen LogP contribution in [0.1, 0.15) is 37.3 Å². The van der Waals surface area contributed by atoms with Gasteiger partial charge in [-0.25, -0.2) is 9.79 Å². The molecule has 0 radical (unpaired) electrons. The minimum Gasteiger partial charge on any atom is -0.494 e. The van der Waals surface area contributed by atoms with Crippen molar-refractivity contribution in [3.05, 3.63) is 83.2 Å². The maximum atomic E-state index is 13.4. The molecule has 1 aliphatic heterocycles. The number of aromatic nitrogens is 1. The van der Waals surface area contributed by atoms with Crippen LogP contribution >= 0.6 is 22.7 Å². The van der Waals surface area contributed by atoms with Gasteiger partial charge in [-0.2, -0.15) is 0 Å². The smallest absolute Gasteiger partial charge is 0.338 e. The van der Waals surface area contributed by atoms with Crippen molar-refractivity contribution in [3.63, 3.8) is 0 Å². The first-order valence-electron chi connectivity index (χ1n) is 9.99. The van der Waals surface area contributed by atoms with Gasteiger partial charge in [0, 0.05) is 4.88 Å². The molecular formula is C23H22N2O4S2. The lowest BCUT2D eigenvalue weighted by Gasteiger charge is -2.23. The Morgan fingerprint density at radius 2 is 1.97 bits per heavy atom. The average Bonchev–Trinajstić information content (AvgIpc) is 3.38. The lowest BCUT2D eigenvalue weighted by atomic mass is 10.0. The molecule has 4 rings (SSSR count). The number of hydrogen-bond donors (Lipinski definition) is 0. The zero-order valence-electron chi connectivity index (χ0n) is 17.5. The van der Waals surface area contributed by atoms with Crippen molar-refractivity contribution >= 4 is 34.7 Å². The highest BCUT2D eigenvalue weighted by Gasteiger charge is 2.33. The fraction of sp³-hybridized carbons (Fsp3) is 0.261. The number of allylic oxidation sites excluding steroid dienone is 1. The van der Waals surface area contributed by atoms with Crippen molar-refractivity contribution in [2.24, 2.45) is 4.99 Å². The number of carbonyl (C=O) groups excluding carboxylic acids is 1. The Bertz CT molecular complexity index is 1300. The summed E-state index contributed by atoms with van der Waals surface area (Å²) in [7, 11) is 0. The number of rotatable bonds is 6. The number of thiazole rings is 1. The van der Waals surface area contributed by atoms with Crippen LogP contribution in [0.3, 0.4) is 0 Å². The first-order valence-corrected chi connectivity index (χ1v) is 11.7. The van der Waals surface area contributed by atoms with Crippen LogP contribution < -0.4 is 19.6 Å².